The number of carbonyl (C=O) groups is 2. The van der Waals surface area contributed by atoms with Gasteiger partial charge in [-0.1, -0.05) is 217 Å². The number of nitrogens with two attached hydrogens (primary N) is 1. The van der Waals surface area contributed by atoms with Gasteiger partial charge in [-0.05, 0) is 122 Å². The summed E-state index contributed by atoms with van der Waals surface area (Å²) < 4.78 is 33.0. The fourth-order valence-electron chi connectivity index (χ4n) is 7.04. The van der Waals surface area contributed by atoms with Gasteiger partial charge < -0.3 is 20.1 Å². The second-order valence-electron chi connectivity index (χ2n) is 18.1. The Morgan fingerprint density at radius 3 is 1.12 bits per heavy atom. The predicted octanol–water partition coefficient (Wildman–Crippen LogP) is 18.0. The van der Waals surface area contributed by atoms with Crippen LogP contribution in [0.2, 0.25) is 0 Å². The van der Waals surface area contributed by atoms with Crippen LogP contribution in [0.3, 0.4) is 0 Å². The first-order valence-electron chi connectivity index (χ1n) is 28.3. The topological polar surface area (TPSA) is 134 Å². The number of hydrogen-bond donors (Lipinski definition) is 2. The second-order valence-corrected chi connectivity index (χ2v) is 19.5. The Bertz CT molecular complexity index is 1700. The number of rotatable bonds is 51. The van der Waals surface area contributed by atoms with Crippen LogP contribution >= 0.6 is 7.82 Å². The number of esters is 2. The zero-order valence-corrected chi connectivity index (χ0v) is 46.7. The molecule has 0 saturated heterocycles. The number of unbranched alkanes of at least 4 members (excludes halogenated alkanes) is 14. The molecular formula is C63H102NO8P. The minimum absolute atomic E-state index is 0.0395. The Labute approximate surface area is 446 Å². The number of allylic oxidation sites excluding steroid dienone is 24. The first kappa shape index (κ1) is 68.9. The lowest BCUT2D eigenvalue weighted by Crippen LogP contribution is -2.29. The Balaban J connectivity index is 4.12. The molecule has 0 heterocycles. The molecule has 0 aliphatic heterocycles. The fraction of sp³-hybridized carbons (Fsp3) is 0.587. The summed E-state index contributed by atoms with van der Waals surface area (Å²) in [5.74, 6) is -0.877. The zero-order chi connectivity index (χ0) is 53.1. The number of carbonyl (C=O) groups excluding carboxylic acids is 2. The smallest absolute Gasteiger partial charge is 0.462 e. The van der Waals surface area contributed by atoms with Crippen molar-refractivity contribution in [3.8, 4) is 0 Å². The highest BCUT2D eigenvalue weighted by molar-refractivity contribution is 7.47. The normalized spacial score (nSPS) is 14.2. The van der Waals surface area contributed by atoms with Crippen molar-refractivity contribution >= 4 is 19.8 Å². The van der Waals surface area contributed by atoms with Crippen molar-refractivity contribution in [2.24, 2.45) is 5.73 Å². The van der Waals surface area contributed by atoms with Gasteiger partial charge in [0.05, 0.1) is 13.2 Å². The van der Waals surface area contributed by atoms with E-state index in [9.17, 15) is 19.0 Å². The molecule has 0 aromatic carbocycles. The van der Waals surface area contributed by atoms with Crippen LogP contribution in [0.4, 0.5) is 0 Å². The quantitative estimate of drug-likeness (QED) is 0.0264. The number of phosphoric ester groups is 1. The molecule has 3 N–H and O–H groups in total. The molecule has 412 valence electrons. The van der Waals surface area contributed by atoms with Gasteiger partial charge in [0.2, 0.25) is 0 Å². The zero-order valence-electron chi connectivity index (χ0n) is 45.8. The van der Waals surface area contributed by atoms with Gasteiger partial charge in [-0.3, -0.25) is 18.6 Å². The van der Waals surface area contributed by atoms with Gasteiger partial charge in [0.1, 0.15) is 6.61 Å². The summed E-state index contributed by atoms with van der Waals surface area (Å²) in [6, 6.07) is 0. The van der Waals surface area contributed by atoms with Crippen LogP contribution in [0, 0.1) is 0 Å². The van der Waals surface area contributed by atoms with E-state index in [0.717, 1.165) is 141 Å². The average Bonchev–Trinajstić information content (AvgIpc) is 3.38. The minimum Gasteiger partial charge on any atom is -0.462 e. The van der Waals surface area contributed by atoms with E-state index in [1.807, 2.05) is 0 Å². The number of ether oxygens (including phenoxy) is 2. The molecular weight excluding hydrogens is 930 g/mol. The van der Waals surface area contributed by atoms with Gasteiger partial charge in [0.15, 0.2) is 6.10 Å². The summed E-state index contributed by atoms with van der Waals surface area (Å²) in [7, 11) is -4.41. The SMILES string of the molecule is CC/C=C\C/C=C\C/C=C\C/C=C\C/C=C\C/C=C\C/C=C\C/C=C\C/C=C\CCCCCCCC(=O)OC(COC(=O)CCCCCCCC/C=C\C/C=C\C/C=C\CCCCC)COP(=O)(O)OCCN. The van der Waals surface area contributed by atoms with Gasteiger partial charge in [-0.25, -0.2) is 4.57 Å². The lowest BCUT2D eigenvalue weighted by Gasteiger charge is -2.19. The molecule has 0 bridgehead atoms. The summed E-state index contributed by atoms with van der Waals surface area (Å²) in [4.78, 5) is 35.1. The third kappa shape index (κ3) is 57.0. The maximum atomic E-state index is 12.7. The minimum atomic E-state index is -4.41. The molecule has 73 heavy (non-hydrogen) atoms. The lowest BCUT2D eigenvalue weighted by molar-refractivity contribution is -0.161. The molecule has 0 rings (SSSR count). The molecule has 2 unspecified atom stereocenters. The van der Waals surface area contributed by atoms with E-state index in [2.05, 4.69) is 160 Å². The Kier molecular flexibility index (Phi) is 54.0. The molecule has 9 nitrogen and oxygen atoms in total. The molecule has 0 aromatic heterocycles. The second kappa shape index (κ2) is 57.2. The van der Waals surface area contributed by atoms with E-state index in [1.54, 1.807) is 0 Å². The fourth-order valence-corrected chi connectivity index (χ4v) is 7.81. The highest BCUT2D eigenvalue weighted by Gasteiger charge is 2.26. The molecule has 0 amide bonds. The van der Waals surface area contributed by atoms with Crippen molar-refractivity contribution < 1.29 is 37.6 Å². The predicted molar refractivity (Wildman–Crippen MR) is 311 cm³/mol. The molecule has 0 aromatic rings. The van der Waals surface area contributed by atoms with Gasteiger partial charge in [0.25, 0.3) is 0 Å². The largest absolute Gasteiger partial charge is 0.472 e. The summed E-state index contributed by atoms with van der Waals surface area (Å²) >= 11 is 0. The Morgan fingerprint density at radius 2 is 0.753 bits per heavy atom. The first-order valence-corrected chi connectivity index (χ1v) is 29.8. The van der Waals surface area contributed by atoms with Crippen molar-refractivity contribution in [2.45, 2.75) is 213 Å². The molecule has 0 spiro atoms. The Morgan fingerprint density at radius 1 is 0.425 bits per heavy atom. The van der Waals surface area contributed by atoms with Gasteiger partial charge in [-0.2, -0.15) is 0 Å². The highest BCUT2D eigenvalue weighted by Crippen LogP contribution is 2.43. The van der Waals surface area contributed by atoms with Crippen LogP contribution in [0.1, 0.15) is 206 Å². The lowest BCUT2D eigenvalue weighted by atomic mass is 10.1. The molecule has 0 aliphatic carbocycles. The van der Waals surface area contributed by atoms with E-state index in [4.69, 9.17) is 24.3 Å². The van der Waals surface area contributed by atoms with Crippen LogP contribution in [0.5, 0.6) is 0 Å². The highest BCUT2D eigenvalue weighted by atomic mass is 31.2. The van der Waals surface area contributed by atoms with E-state index in [0.29, 0.717) is 12.8 Å². The van der Waals surface area contributed by atoms with Gasteiger partial charge in [0, 0.05) is 19.4 Å². The maximum Gasteiger partial charge on any atom is 0.472 e. The Hall–Kier alpha value is -4.11. The average molecular weight is 1030 g/mol. The monoisotopic (exact) mass is 1030 g/mol. The molecule has 0 saturated carbocycles. The van der Waals surface area contributed by atoms with E-state index in [-0.39, 0.29) is 32.6 Å². The summed E-state index contributed by atoms with van der Waals surface area (Å²) in [5, 5.41) is 0. The standard InChI is InChI=1S/C63H102NO8P/c1-3-5-7-9-11-13-15-17-19-21-23-24-25-26-27-28-29-30-31-32-33-34-35-36-38-40-42-44-46-48-50-52-54-56-63(66)72-61(60-71-73(67,68)70-58-57-64)59-69-62(65)55-53-51-49-47-45-43-41-39-37-22-20-18-16-14-12-10-8-6-4-2/h5,7,11-14,17-20,23-24,26-27,29-30,32-33,35-37,39-40,42,61H,3-4,6,8-10,15-16,21-22,25,28,31,34,38,41,43-60,64H2,1-2H3,(H,67,68)/b7-5-,13-11-,14-12-,19-17-,20-18-,24-23-,27-26-,30-29-,33-32-,36-35-,39-37-,42-40-. The third-order valence-electron chi connectivity index (χ3n) is 11.2. The van der Waals surface area contributed by atoms with E-state index < -0.39 is 32.5 Å². The molecule has 0 radical (unpaired) electrons. The van der Waals surface area contributed by atoms with E-state index in [1.165, 1.54) is 25.7 Å². The summed E-state index contributed by atoms with van der Waals surface area (Å²) in [6.45, 7) is 3.54. The molecule has 10 heteroatoms. The molecule has 0 fully saturated rings. The summed E-state index contributed by atoms with van der Waals surface area (Å²) in [5.41, 5.74) is 5.37. The molecule has 0 aliphatic rings. The van der Waals surface area contributed by atoms with Crippen molar-refractivity contribution in [2.75, 3.05) is 26.4 Å². The van der Waals surface area contributed by atoms with Crippen molar-refractivity contribution in [3.63, 3.8) is 0 Å². The third-order valence-corrected chi connectivity index (χ3v) is 12.2. The van der Waals surface area contributed by atoms with Crippen molar-refractivity contribution in [1.82, 2.24) is 0 Å². The maximum absolute atomic E-state index is 12.7. The van der Waals surface area contributed by atoms with Gasteiger partial charge >= 0.3 is 19.8 Å². The number of hydrogen-bond acceptors (Lipinski definition) is 8. The van der Waals surface area contributed by atoms with Crippen LogP contribution in [0.15, 0.2) is 146 Å². The van der Waals surface area contributed by atoms with Crippen LogP contribution in [-0.4, -0.2) is 49.3 Å². The molecule has 2 atom stereocenters. The number of phosphoric acid groups is 1. The van der Waals surface area contributed by atoms with Crippen molar-refractivity contribution in [3.05, 3.63) is 146 Å². The van der Waals surface area contributed by atoms with Crippen molar-refractivity contribution in [1.29, 1.82) is 0 Å². The van der Waals surface area contributed by atoms with Crippen LogP contribution in [-0.2, 0) is 32.7 Å². The first-order chi connectivity index (χ1) is 35.8. The van der Waals surface area contributed by atoms with Gasteiger partial charge in [-0.15, -0.1) is 0 Å². The summed E-state index contributed by atoms with van der Waals surface area (Å²) in [6.07, 6.45) is 81.7. The van der Waals surface area contributed by atoms with Crippen LogP contribution < -0.4 is 5.73 Å². The van der Waals surface area contributed by atoms with E-state index >= 15 is 0 Å². The van der Waals surface area contributed by atoms with Crippen LogP contribution in [0.25, 0.3) is 0 Å².